The first-order valence-electron chi connectivity index (χ1n) is 4.47. The Hall–Kier alpha value is -1.31. The molecule has 0 aliphatic rings. The van der Waals surface area contributed by atoms with Gasteiger partial charge in [-0.3, -0.25) is 4.79 Å². The van der Waals surface area contributed by atoms with Crippen LogP contribution in [0.2, 0.25) is 0 Å². The lowest BCUT2D eigenvalue weighted by Crippen LogP contribution is -2.47. The minimum atomic E-state index is -5.08. The van der Waals surface area contributed by atoms with Crippen LogP contribution in [0.1, 0.15) is 13.3 Å². The van der Waals surface area contributed by atoms with Gasteiger partial charge in [0.05, 0.1) is 0 Å². The zero-order valence-electron chi connectivity index (χ0n) is 8.50. The number of ether oxygens (including phenoxy) is 1. The number of hydrogen-bond donors (Lipinski definition) is 2. The van der Waals surface area contributed by atoms with E-state index in [-0.39, 0.29) is 13.0 Å². The molecule has 2 N–H and O–H groups in total. The minimum absolute atomic E-state index is 0.0361. The maximum atomic E-state index is 11.8. The maximum Gasteiger partial charge on any atom is 0.471 e. The normalized spacial score (nSPS) is 13.2. The molecule has 0 spiro atoms. The van der Waals surface area contributed by atoms with Crippen LogP contribution in [0.5, 0.6) is 0 Å². The molecule has 16 heavy (non-hydrogen) atoms. The second kappa shape index (κ2) is 6.31. The number of aliphatic carboxylic acids is 1. The fourth-order valence-corrected chi connectivity index (χ4v) is 0.843. The molecule has 0 aromatic rings. The van der Waals surface area contributed by atoms with E-state index in [2.05, 4.69) is 0 Å². The van der Waals surface area contributed by atoms with Crippen molar-refractivity contribution in [2.45, 2.75) is 25.6 Å². The topological polar surface area (TPSA) is 75.6 Å². The Balaban J connectivity index is 4.24. The fraction of sp³-hybridized carbons (Fsp3) is 0.750. The predicted octanol–water partition coefficient (Wildman–Crippen LogP) is 0.545. The summed E-state index contributed by atoms with van der Waals surface area (Å²) in [6, 6.07) is -1.60. The molecule has 1 unspecified atom stereocenters. The standard InChI is InChI=1S/C8H12F3NO4/c1-2-16-4-3-5(6(13)14)12-7(15)8(9,10)11/h5H,2-4H2,1H3,(H,12,15)(H,13,14). The van der Waals surface area contributed by atoms with Gasteiger partial charge in [-0.25, -0.2) is 4.79 Å². The summed E-state index contributed by atoms with van der Waals surface area (Å²) in [6.07, 6.45) is -5.30. The zero-order chi connectivity index (χ0) is 12.8. The van der Waals surface area contributed by atoms with Crippen molar-refractivity contribution in [3.05, 3.63) is 0 Å². The van der Waals surface area contributed by atoms with Gasteiger partial charge in [0.2, 0.25) is 0 Å². The number of halogens is 3. The molecule has 0 fully saturated rings. The highest BCUT2D eigenvalue weighted by atomic mass is 19.4. The molecule has 1 amide bonds. The van der Waals surface area contributed by atoms with Gasteiger partial charge in [-0.05, 0) is 6.92 Å². The molecule has 0 saturated heterocycles. The monoisotopic (exact) mass is 243 g/mol. The highest BCUT2D eigenvalue weighted by Gasteiger charge is 2.40. The molecule has 0 aliphatic heterocycles. The number of nitrogens with one attached hydrogen (secondary N) is 1. The van der Waals surface area contributed by atoms with Crippen LogP contribution >= 0.6 is 0 Å². The second-order valence-corrected chi connectivity index (χ2v) is 2.85. The zero-order valence-corrected chi connectivity index (χ0v) is 8.50. The molecule has 5 nitrogen and oxygen atoms in total. The van der Waals surface area contributed by atoms with E-state index in [0.717, 1.165) is 0 Å². The van der Waals surface area contributed by atoms with Gasteiger partial charge >= 0.3 is 18.1 Å². The predicted molar refractivity (Wildman–Crippen MR) is 46.7 cm³/mol. The van der Waals surface area contributed by atoms with Crippen molar-refractivity contribution in [3.63, 3.8) is 0 Å². The molecule has 0 aromatic heterocycles. The van der Waals surface area contributed by atoms with Crippen LogP contribution in [0, 0.1) is 0 Å². The van der Waals surface area contributed by atoms with Gasteiger partial charge in [0.15, 0.2) is 0 Å². The van der Waals surface area contributed by atoms with Gasteiger partial charge in [-0.1, -0.05) is 0 Å². The quantitative estimate of drug-likeness (QED) is 0.668. The Kier molecular flexibility index (Phi) is 5.79. The lowest BCUT2D eigenvalue weighted by molar-refractivity contribution is -0.175. The van der Waals surface area contributed by atoms with Crippen molar-refractivity contribution in [1.82, 2.24) is 5.32 Å². The average molecular weight is 243 g/mol. The largest absolute Gasteiger partial charge is 0.480 e. The number of alkyl halides is 3. The molecule has 8 heteroatoms. The second-order valence-electron chi connectivity index (χ2n) is 2.85. The van der Waals surface area contributed by atoms with E-state index < -0.39 is 24.1 Å². The first kappa shape index (κ1) is 14.7. The van der Waals surface area contributed by atoms with Crippen LogP contribution in [-0.4, -0.2) is 42.4 Å². The number of carbonyl (C=O) groups excluding carboxylic acids is 1. The van der Waals surface area contributed by atoms with E-state index in [1.165, 1.54) is 5.32 Å². The Bertz CT molecular complexity index is 254. The van der Waals surface area contributed by atoms with Gasteiger partial charge in [0.25, 0.3) is 0 Å². The summed E-state index contributed by atoms with van der Waals surface area (Å²) in [7, 11) is 0. The third kappa shape index (κ3) is 5.54. The summed E-state index contributed by atoms with van der Waals surface area (Å²) in [5, 5.41) is 9.92. The highest BCUT2D eigenvalue weighted by Crippen LogP contribution is 2.14. The molecule has 94 valence electrons. The Morgan fingerprint density at radius 3 is 2.38 bits per heavy atom. The SMILES string of the molecule is CCOCCC(NC(=O)C(F)(F)F)C(=O)O. The van der Waals surface area contributed by atoms with Crippen molar-refractivity contribution in [3.8, 4) is 0 Å². The number of carbonyl (C=O) groups is 2. The molecule has 0 aliphatic carbocycles. The van der Waals surface area contributed by atoms with Crippen molar-refractivity contribution in [1.29, 1.82) is 0 Å². The minimum Gasteiger partial charge on any atom is -0.480 e. The van der Waals surface area contributed by atoms with E-state index in [4.69, 9.17) is 9.84 Å². The van der Waals surface area contributed by atoms with Crippen LogP contribution in [0.3, 0.4) is 0 Å². The van der Waals surface area contributed by atoms with E-state index in [1.54, 1.807) is 6.92 Å². The number of rotatable bonds is 6. The molecule has 0 rings (SSSR count). The summed E-state index contributed by atoms with van der Waals surface area (Å²) in [5.74, 6) is -3.80. The van der Waals surface area contributed by atoms with Gasteiger partial charge in [-0.15, -0.1) is 0 Å². The first-order chi connectivity index (χ1) is 7.29. The van der Waals surface area contributed by atoms with Gasteiger partial charge in [0.1, 0.15) is 6.04 Å². The first-order valence-corrected chi connectivity index (χ1v) is 4.47. The molecule has 1 atom stereocenters. The van der Waals surface area contributed by atoms with Crippen LogP contribution in [0.25, 0.3) is 0 Å². The number of hydrogen-bond acceptors (Lipinski definition) is 3. The molecular weight excluding hydrogens is 231 g/mol. The van der Waals surface area contributed by atoms with Gasteiger partial charge < -0.3 is 15.2 Å². The third-order valence-corrected chi connectivity index (χ3v) is 1.62. The Labute approximate surface area is 89.6 Å². The third-order valence-electron chi connectivity index (χ3n) is 1.62. The van der Waals surface area contributed by atoms with Crippen molar-refractivity contribution in [2.75, 3.05) is 13.2 Å². The van der Waals surface area contributed by atoms with Gasteiger partial charge in [-0.2, -0.15) is 13.2 Å². The van der Waals surface area contributed by atoms with Crippen molar-refractivity contribution < 1.29 is 32.6 Å². The van der Waals surface area contributed by atoms with Gasteiger partial charge in [0, 0.05) is 19.6 Å². The summed E-state index contributed by atoms with van der Waals surface area (Å²) in [6.45, 7) is 1.94. The molecule has 0 saturated carbocycles. The summed E-state index contributed by atoms with van der Waals surface area (Å²) >= 11 is 0. The highest BCUT2D eigenvalue weighted by molar-refractivity contribution is 5.86. The van der Waals surface area contributed by atoms with Crippen LogP contribution < -0.4 is 5.32 Å². The molecule has 0 aromatic carbocycles. The van der Waals surface area contributed by atoms with Crippen LogP contribution in [0.4, 0.5) is 13.2 Å². The van der Waals surface area contributed by atoms with E-state index in [1.807, 2.05) is 0 Å². The molecule has 0 bridgehead atoms. The van der Waals surface area contributed by atoms with E-state index in [0.29, 0.717) is 6.61 Å². The van der Waals surface area contributed by atoms with Crippen molar-refractivity contribution in [2.24, 2.45) is 0 Å². The molecule has 0 radical (unpaired) electrons. The summed E-state index contributed by atoms with van der Waals surface area (Å²) in [4.78, 5) is 21.0. The summed E-state index contributed by atoms with van der Waals surface area (Å²) < 4.78 is 40.3. The lowest BCUT2D eigenvalue weighted by Gasteiger charge is -2.15. The number of amides is 1. The molecule has 0 heterocycles. The van der Waals surface area contributed by atoms with Crippen LogP contribution in [-0.2, 0) is 14.3 Å². The number of carboxylic acid groups (broad SMARTS) is 1. The lowest BCUT2D eigenvalue weighted by atomic mass is 10.2. The van der Waals surface area contributed by atoms with E-state index >= 15 is 0 Å². The smallest absolute Gasteiger partial charge is 0.471 e. The molecular formula is C8H12F3NO4. The van der Waals surface area contributed by atoms with E-state index in [9.17, 15) is 22.8 Å². The Morgan fingerprint density at radius 2 is 2.00 bits per heavy atom. The number of carboxylic acids is 1. The Morgan fingerprint density at radius 1 is 1.44 bits per heavy atom. The fourth-order valence-electron chi connectivity index (χ4n) is 0.843. The average Bonchev–Trinajstić information content (AvgIpc) is 2.14. The van der Waals surface area contributed by atoms with Crippen molar-refractivity contribution >= 4 is 11.9 Å². The van der Waals surface area contributed by atoms with Crippen LogP contribution in [0.15, 0.2) is 0 Å². The maximum absolute atomic E-state index is 11.8. The summed E-state index contributed by atoms with van der Waals surface area (Å²) in [5.41, 5.74) is 0.